The molecule has 104 valence electrons. The van der Waals surface area contributed by atoms with Crippen molar-refractivity contribution in [3.05, 3.63) is 29.8 Å². The molecular formula is C15H26FNS. The molecule has 0 aromatic carbocycles. The van der Waals surface area contributed by atoms with Gasteiger partial charge in [-0.25, -0.2) is 14.4 Å². The van der Waals surface area contributed by atoms with E-state index in [2.05, 4.69) is 44.5 Å². The van der Waals surface area contributed by atoms with Gasteiger partial charge < -0.3 is 0 Å². The zero-order valence-corrected chi connectivity index (χ0v) is 13.2. The van der Waals surface area contributed by atoms with E-state index in [1.54, 1.807) is 0 Å². The Balaban J connectivity index is 2.88. The first-order chi connectivity index (χ1) is 8.27. The summed E-state index contributed by atoms with van der Waals surface area (Å²) in [5, 5.41) is 0.722. The van der Waals surface area contributed by atoms with Gasteiger partial charge in [0.15, 0.2) is 0 Å². The van der Waals surface area contributed by atoms with Crippen LogP contribution in [0.25, 0.3) is 0 Å². The zero-order chi connectivity index (χ0) is 13.9. The SMILES string of the molecule is CCC([C@@H](C)[C@H](C)c1ccc(F)cn1)S(C)(C)C. The zero-order valence-electron chi connectivity index (χ0n) is 12.4. The summed E-state index contributed by atoms with van der Waals surface area (Å²) in [4.78, 5) is 4.23. The second-order valence-electron chi connectivity index (χ2n) is 5.93. The Morgan fingerprint density at radius 3 is 2.22 bits per heavy atom. The number of aromatic nitrogens is 1. The molecule has 0 radical (unpaired) electrons. The van der Waals surface area contributed by atoms with Gasteiger partial charge in [-0.1, -0.05) is 20.8 Å². The Kier molecular flexibility index (Phi) is 5.20. The van der Waals surface area contributed by atoms with Crippen LogP contribution in [0.4, 0.5) is 4.39 Å². The fraction of sp³-hybridized carbons (Fsp3) is 0.667. The molecule has 1 aromatic heterocycles. The lowest BCUT2D eigenvalue weighted by atomic mass is 9.88. The first kappa shape index (κ1) is 15.5. The van der Waals surface area contributed by atoms with Crippen LogP contribution in [0.15, 0.2) is 18.3 Å². The Morgan fingerprint density at radius 2 is 1.83 bits per heavy atom. The lowest BCUT2D eigenvalue weighted by Gasteiger charge is -2.41. The van der Waals surface area contributed by atoms with Gasteiger partial charge in [-0.3, -0.25) is 4.98 Å². The second kappa shape index (κ2) is 6.05. The van der Waals surface area contributed by atoms with Crippen molar-refractivity contribution in [1.29, 1.82) is 0 Å². The number of halogens is 1. The molecule has 1 aromatic rings. The molecule has 0 bridgehead atoms. The van der Waals surface area contributed by atoms with Gasteiger partial charge in [-0.2, -0.15) is 0 Å². The fourth-order valence-electron chi connectivity index (χ4n) is 2.76. The van der Waals surface area contributed by atoms with Crippen LogP contribution in [0.3, 0.4) is 0 Å². The van der Waals surface area contributed by atoms with E-state index in [1.165, 1.54) is 18.7 Å². The molecule has 0 saturated heterocycles. The molecule has 0 amide bonds. The number of pyridine rings is 1. The highest BCUT2D eigenvalue weighted by Crippen LogP contribution is 2.49. The smallest absolute Gasteiger partial charge is 0.141 e. The van der Waals surface area contributed by atoms with Crippen molar-refractivity contribution in [3.63, 3.8) is 0 Å². The van der Waals surface area contributed by atoms with Crippen LogP contribution in [-0.2, 0) is 0 Å². The van der Waals surface area contributed by atoms with E-state index in [4.69, 9.17) is 0 Å². The van der Waals surface area contributed by atoms with Gasteiger partial charge in [0.2, 0.25) is 0 Å². The minimum Gasteiger partial charge on any atom is -0.258 e. The third-order valence-electron chi connectivity index (χ3n) is 3.90. The summed E-state index contributed by atoms with van der Waals surface area (Å²) < 4.78 is 12.9. The molecule has 0 saturated carbocycles. The van der Waals surface area contributed by atoms with E-state index in [9.17, 15) is 4.39 Å². The van der Waals surface area contributed by atoms with Crippen LogP contribution in [0, 0.1) is 11.7 Å². The summed E-state index contributed by atoms with van der Waals surface area (Å²) in [5.41, 5.74) is 1.01. The largest absolute Gasteiger partial charge is 0.258 e. The Bertz CT molecular complexity index is 369. The maximum Gasteiger partial charge on any atom is 0.141 e. The van der Waals surface area contributed by atoms with Crippen molar-refractivity contribution in [1.82, 2.24) is 4.98 Å². The fourth-order valence-corrected chi connectivity index (χ4v) is 5.29. The highest BCUT2D eigenvalue weighted by molar-refractivity contribution is 8.32. The average Bonchev–Trinajstić information content (AvgIpc) is 2.28. The molecule has 0 aliphatic carbocycles. The minimum atomic E-state index is -0.577. The van der Waals surface area contributed by atoms with Crippen LogP contribution >= 0.6 is 10.0 Å². The highest BCUT2D eigenvalue weighted by atomic mass is 32.3. The van der Waals surface area contributed by atoms with Gasteiger partial charge in [-0.15, -0.1) is 0 Å². The van der Waals surface area contributed by atoms with E-state index >= 15 is 0 Å². The quantitative estimate of drug-likeness (QED) is 0.772. The van der Waals surface area contributed by atoms with Crippen LogP contribution in [-0.4, -0.2) is 29.0 Å². The standard InChI is InChI=1S/C15H26FNS/c1-7-15(18(4,5)6)12(3)11(2)14-9-8-13(16)10-17-14/h8-12,15H,7H2,1-6H3/t11-,12-,15?/m0/s1. The molecule has 1 nitrogen and oxygen atoms in total. The molecule has 3 heteroatoms. The average molecular weight is 271 g/mol. The molecule has 0 N–H and O–H groups in total. The summed E-state index contributed by atoms with van der Waals surface area (Å²) in [7, 11) is -0.577. The first-order valence-electron chi connectivity index (χ1n) is 6.56. The maximum atomic E-state index is 12.9. The third kappa shape index (κ3) is 3.71. The summed E-state index contributed by atoms with van der Waals surface area (Å²) >= 11 is 0. The van der Waals surface area contributed by atoms with Crippen molar-refractivity contribution < 1.29 is 4.39 Å². The third-order valence-corrected chi connectivity index (χ3v) is 6.48. The lowest BCUT2D eigenvalue weighted by molar-refractivity contribution is 0.449. The highest BCUT2D eigenvalue weighted by Gasteiger charge is 2.29. The van der Waals surface area contributed by atoms with Crippen LogP contribution in [0.2, 0.25) is 0 Å². The summed E-state index contributed by atoms with van der Waals surface area (Å²) in [5.74, 6) is 0.692. The topological polar surface area (TPSA) is 12.9 Å². The van der Waals surface area contributed by atoms with Crippen molar-refractivity contribution in [2.75, 3.05) is 18.8 Å². The molecule has 0 aliphatic heterocycles. The normalized spacial score (nSPS) is 18.2. The molecule has 1 heterocycles. The Labute approximate surface area is 113 Å². The summed E-state index contributed by atoms with van der Waals surface area (Å²) in [6.45, 7) is 6.78. The van der Waals surface area contributed by atoms with Crippen LogP contribution in [0.5, 0.6) is 0 Å². The molecule has 0 fully saturated rings. The van der Waals surface area contributed by atoms with E-state index in [-0.39, 0.29) is 5.82 Å². The summed E-state index contributed by atoms with van der Waals surface area (Å²) in [6.07, 6.45) is 9.66. The predicted octanol–water partition coefficient (Wildman–Crippen LogP) is 4.43. The molecule has 0 aliphatic rings. The number of nitrogens with zero attached hydrogens (tertiary/aromatic N) is 1. The number of hydrogen-bond donors (Lipinski definition) is 0. The molecule has 3 atom stereocenters. The van der Waals surface area contributed by atoms with Gasteiger partial charge in [0, 0.05) is 11.6 Å². The Hall–Kier alpha value is -0.570. The van der Waals surface area contributed by atoms with Gasteiger partial charge in [-0.05, 0) is 48.5 Å². The molecule has 1 unspecified atom stereocenters. The van der Waals surface area contributed by atoms with Gasteiger partial charge in [0.05, 0.1) is 6.20 Å². The summed E-state index contributed by atoms with van der Waals surface area (Å²) in [6, 6.07) is 3.33. The van der Waals surface area contributed by atoms with Gasteiger partial charge >= 0.3 is 0 Å². The molecular weight excluding hydrogens is 245 g/mol. The van der Waals surface area contributed by atoms with Crippen molar-refractivity contribution in [2.24, 2.45) is 5.92 Å². The van der Waals surface area contributed by atoms with E-state index in [1.807, 2.05) is 6.07 Å². The van der Waals surface area contributed by atoms with E-state index in [0.717, 1.165) is 10.9 Å². The number of hydrogen-bond acceptors (Lipinski definition) is 1. The van der Waals surface area contributed by atoms with Crippen molar-refractivity contribution >= 4 is 10.0 Å². The monoisotopic (exact) mass is 271 g/mol. The van der Waals surface area contributed by atoms with Gasteiger partial charge in [0.1, 0.15) is 5.82 Å². The van der Waals surface area contributed by atoms with E-state index < -0.39 is 10.0 Å². The van der Waals surface area contributed by atoms with Crippen LogP contribution < -0.4 is 0 Å². The number of rotatable bonds is 5. The first-order valence-corrected chi connectivity index (χ1v) is 9.48. The molecule has 0 spiro atoms. The lowest BCUT2D eigenvalue weighted by Crippen LogP contribution is -2.27. The minimum absolute atomic E-state index is 0.257. The Morgan fingerprint density at radius 1 is 1.22 bits per heavy atom. The van der Waals surface area contributed by atoms with Crippen LogP contribution in [0.1, 0.15) is 38.8 Å². The van der Waals surface area contributed by atoms with Crippen molar-refractivity contribution in [2.45, 2.75) is 38.4 Å². The molecule has 18 heavy (non-hydrogen) atoms. The predicted molar refractivity (Wildman–Crippen MR) is 81.2 cm³/mol. The van der Waals surface area contributed by atoms with E-state index in [0.29, 0.717) is 11.8 Å². The van der Waals surface area contributed by atoms with Gasteiger partial charge in [0.25, 0.3) is 0 Å². The second-order valence-corrected chi connectivity index (χ2v) is 10.4. The molecule has 1 rings (SSSR count). The maximum absolute atomic E-state index is 12.9. The van der Waals surface area contributed by atoms with Crippen molar-refractivity contribution in [3.8, 4) is 0 Å².